The van der Waals surface area contributed by atoms with Crippen molar-refractivity contribution in [2.75, 3.05) is 6.54 Å². The van der Waals surface area contributed by atoms with Crippen LogP contribution in [-0.4, -0.2) is 34.8 Å². The first-order chi connectivity index (χ1) is 9.67. The SMILES string of the molecule is CCCC1NC(=O)C2(CCCC2)N(CC2CCC2)C1=O. The summed E-state index contributed by atoms with van der Waals surface area (Å²) in [5.41, 5.74) is -0.503. The van der Waals surface area contributed by atoms with Gasteiger partial charge in [-0.05, 0) is 38.0 Å². The molecule has 2 aliphatic carbocycles. The van der Waals surface area contributed by atoms with Gasteiger partial charge in [-0.1, -0.05) is 32.6 Å². The molecule has 1 unspecified atom stereocenters. The lowest BCUT2D eigenvalue weighted by atomic mass is 9.81. The first-order valence-corrected chi connectivity index (χ1v) is 8.30. The van der Waals surface area contributed by atoms with Crippen LogP contribution in [0.15, 0.2) is 0 Å². The van der Waals surface area contributed by atoms with Gasteiger partial charge in [-0.2, -0.15) is 0 Å². The normalized spacial score (nSPS) is 29.6. The molecule has 0 bridgehead atoms. The van der Waals surface area contributed by atoms with E-state index in [1.165, 1.54) is 19.3 Å². The minimum absolute atomic E-state index is 0.118. The molecule has 3 fully saturated rings. The van der Waals surface area contributed by atoms with Crippen LogP contribution in [0.1, 0.15) is 64.7 Å². The van der Waals surface area contributed by atoms with Gasteiger partial charge in [0, 0.05) is 6.54 Å². The van der Waals surface area contributed by atoms with E-state index >= 15 is 0 Å². The lowest BCUT2D eigenvalue weighted by molar-refractivity contribution is -0.159. The highest BCUT2D eigenvalue weighted by molar-refractivity contribution is 6.00. The minimum Gasteiger partial charge on any atom is -0.342 e. The maximum absolute atomic E-state index is 12.8. The summed E-state index contributed by atoms with van der Waals surface area (Å²) < 4.78 is 0. The summed E-state index contributed by atoms with van der Waals surface area (Å²) in [6.45, 7) is 2.88. The number of amides is 2. The molecule has 2 amide bonds. The molecule has 1 spiro atoms. The average Bonchev–Trinajstić information content (AvgIpc) is 2.85. The zero-order valence-electron chi connectivity index (χ0n) is 12.5. The van der Waals surface area contributed by atoms with Crippen molar-refractivity contribution in [1.82, 2.24) is 10.2 Å². The van der Waals surface area contributed by atoms with Crippen LogP contribution in [-0.2, 0) is 9.59 Å². The van der Waals surface area contributed by atoms with Gasteiger partial charge in [0.15, 0.2) is 0 Å². The molecule has 1 N–H and O–H groups in total. The molecule has 1 saturated heterocycles. The van der Waals surface area contributed by atoms with Gasteiger partial charge in [-0.3, -0.25) is 9.59 Å². The summed E-state index contributed by atoms with van der Waals surface area (Å²) >= 11 is 0. The van der Waals surface area contributed by atoms with Crippen molar-refractivity contribution in [2.45, 2.75) is 76.3 Å². The fourth-order valence-electron chi connectivity index (χ4n) is 4.02. The Morgan fingerprint density at radius 3 is 2.45 bits per heavy atom. The quantitative estimate of drug-likeness (QED) is 0.857. The van der Waals surface area contributed by atoms with Crippen molar-refractivity contribution < 1.29 is 9.59 Å². The minimum atomic E-state index is -0.503. The Bertz CT molecular complexity index is 397. The Hall–Kier alpha value is -1.06. The van der Waals surface area contributed by atoms with Crippen molar-refractivity contribution in [1.29, 1.82) is 0 Å². The number of nitrogens with zero attached hydrogens (tertiary/aromatic N) is 1. The topological polar surface area (TPSA) is 49.4 Å². The van der Waals surface area contributed by atoms with Crippen molar-refractivity contribution in [3.63, 3.8) is 0 Å². The number of hydrogen-bond donors (Lipinski definition) is 1. The highest BCUT2D eigenvalue weighted by Crippen LogP contribution is 2.40. The standard InChI is InChI=1S/C16H26N2O2/c1-2-6-13-14(19)18(11-12-7-5-8-12)16(15(20)17-13)9-3-4-10-16/h12-13H,2-11H2,1H3,(H,17,20). The van der Waals surface area contributed by atoms with Crippen LogP contribution in [0.2, 0.25) is 0 Å². The Balaban J connectivity index is 1.83. The van der Waals surface area contributed by atoms with Crippen molar-refractivity contribution in [3.05, 3.63) is 0 Å². The molecular formula is C16H26N2O2. The first kappa shape index (κ1) is 13.9. The van der Waals surface area contributed by atoms with E-state index in [1.807, 2.05) is 4.90 Å². The van der Waals surface area contributed by atoms with Crippen LogP contribution in [0.3, 0.4) is 0 Å². The smallest absolute Gasteiger partial charge is 0.246 e. The Labute approximate surface area is 121 Å². The molecule has 4 nitrogen and oxygen atoms in total. The monoisotopic (exact) mass is 278 g/mol. The molecule has 20 heavy (non-hydrogen) atoms. The highest BCUT2D eigenvalue weighted by atomic mass is 16.2. The molecule has 4 heteroatoms. The van der Waals surface area contributed by atoms with Crippen LogP contribution >= 0.6 is 0 Å². The van der Waals surface area contributed by atoms with Gasteiger partial charge < -0.3 is 10.2 Å². The van der Waals surface area contributed by atoms with E-state index in [1.54, 1.807) is 0 Å². The second-order valence-corrected chi connectivity index (χ2v) is 6.80. The Morgan fingerprint density at radius 1 is 1.20 bits per heavy atom. The summed E-state index contributed by atoms with van der Waals surface area (Å²) in [5.74, 6) is 0.928. The van der Waals surface area contributed by atoms with Crippen molar-refractivity contribution >= 4 is 11.8 Å². The van der Waals surface area contributed by atoms with Crippen LogP contribution in [0.25, 0.3) is 0 Å². The molecular weight excluding hydrogens is 252 g/mol. The zero-order chi connectivity index (χ0) is 14.2. The fourth-order valence-corrected chi connectivity index (χ4v) is 4.02. The van der Waals surface area contributed by atoms with Crippen LogP contribution < -0.4 is 5.32 Å². The average molecular weight is 278 g/mol. The summed E-state index contributed by atoms with van der Waals surface area (Å²) in [4.78, 5) is 27.4. The summed E-state index contributed by atoms with van der Waals surface area (Å²) in [6.07, 6.45) is 9.28. The number of carbonyl (C=O) groups excluding carboxylic acids is 2. The maximum atomic E-state index is 12.8. The van der Waals surface area contributed by atoms with Gasteiger partial charge in [-0.15, -0.1) is 0 Å². The molecule has 3 aliphatic rings. The van der Waals surface area contributed by atoms with Gasteiger partial charge in [0.05, 0.1) is 0 Å². The molecule has 0 aromatic heterocycles. The van der Waals surface area contributed by atoms with E-state index in [9.17, 15) is 9.59 Å². The van der Waals surface area contributed by atoms with E-state index in [0.29, 0.717) is 5.92 Å². The third-order valence-corrected chi connectivity index (χ3v) is 5.48. The van der Waals surface area contributed by atoms with E-state index < -0.39 is 5.54 Å². The van der Waals surface area contributed by atoms with Crippen LogP contribution in [0.4, 0.5) is 0 Å². The second kappa shape index (κ2) is 5.38. The summed E-state index contributed by atoms with van der Waals surface area (Å²) in [6, 6.07) is -0.279. The lowest BCUT2D eigenvalue weighted by Gasteiger charge is -2.48. The summed E-state index contributed by atoms with van der Waals surface area (Å²) in [7, 11) is 0. The van der Waals surface area contributed by atoms with Crippen molar-refractivity contribution in [2.24, 2.45) is 5.92 Å². The molecule has 3 rings (SSSR count). The number of hydrogen-bond acceptors (Lipinski definition) is 2. The molecule has 0 radical (unpaired) electrons. The maximum Gasteiger partial charge on any atom is 0.246 e. The first-order valence-electron chi connectivity index (χ1n) is 8.30. The number of carbonyl (C=O) groups is 2. The Kier molecular flexibility index (Phi) is 3.74. The van der Waals surface area contributed by atoms with Gasteiger partial charge >= 0.3 is 0 Å². The molecule has 1 heterocycles. The third kappa shape index (κ3) is 2.13. The molecule has 112 valence electrons. The van der Waals surface area contributed by atoms with E-state index in [2.05, 4.69) is 12.2 Å². The Morgan fingerprint density at radius 2 is 1.90 bits per heavy atom. The zero-order valence-corrected chi connectivity index (χ0v) is 12.5. The fraction of sp³-hybridized carbons (Fsp3) is 0.875. The third-order valence-electron chi connectivity index (χ3n) is 5.48. The number of rotatable bonds is 4. The molecule has 0 aromatic carbocycles. The lowest BCUT2D eigenvalue weighted by Crippen LogP contribution is -2.70. The van der Waals surface area contributed by atoms with E-state index in [0.717, 1.165) is 45.1 Å². The van der Waals surface area contributed by atoms with Gasteiger partial charge in [0.25, 0.3) is 0 Å². The second-order valence-electron chi connectivity index (χ2n) is 6.80. The molecule has 1 atom stereocenters. The number of nitrogens with one attached hydrogen (secondary N) is 1. The van der Waals surface area contributed by atoms with Crippen molar-refractivity contribution in [3.8, 4) is 0 Å². The predicted molar refractivity (Wildman–Crippen MR) is 77.1 cm³/mol. The largest absolute Gasteiger partial charge is 0.342 e. The molecule has 2 saturated carbocycles. The molecule has 1 aliphatic heterocycles. The van der Waals surface area contributed by atoms with E-state index in [4.69, 9.17) is 0 Å². The van der Waals surface area contributed by atoms with Crippen LogP contribution in [0.5, 0.6) is 0 Å². The number of piperazine rings is 1. The van der Waals surface area contributed by atoms with Gasteiger partial charge in [0.1, 0.15) is 11.6 Å². The highest BCUT2D eigenvalue weighted by Gasteiger charge is 2.53. The predicted octanol–water partition coefficient (Wildman–Crippen LogP) is 2.23. The van der Waals surface area contributed by atoms with Crippen LogP contribution in [0, 0.1) is 5.92 Å². The summed E-state index contributed by atoms with van der Waals surface area (Å²) in [5, 5.41) is 3.01. The van der Waals surface area contributed by atoms with Gasteiger partial charge in [-0.25, -0.2) is 0 Å². The molecule has 0 aromatic rings. The van der Waals surface area contributed by atoms with Gasteiger partial charge in [0.2, 0.25) is 11.8 Å². The van der Waals surface area contributed by atoms with E-state index in [-0.39, 0.29) is 17.9 Å².